The van der Waals surface area contributed by atoms with Crippen LogP contribution in [0.25, 0.3) is 0 Å². The first-order chi connectivity index (χ1) is 6.22. The van der Waals surface area contributed by atoms with E-state index in [1.54, 1.807) is 6.07 Å². The van der Waals surface area contributed by atoms with Crippen molar-refractivity contribution < 1.29 is 14.6 Å². The van der Waals surface area contributed by atoms with Crippen LogP contribution in [-0.4, -0.2) is 17.3 Å². The molecule has 0 fully saturated rings. The molecule has 1 aromatic carbocycles. The van der Waals surface area contributed by atoms with E-state index in [1.165, 1.54) is 7.11 Å². The molecule has 0 saturated heterocycles. The average molecular weight is 196 g/mol. The van der Waals surface area contributed by atoms with Gasteiger partial charge in [-0.05, 0) is 23.4 Å². The van der Waals surface area contributed by atoms with E-state index >= 15 is 0 Å². The molecule has 0 atom stereocenters. The Hall–Kier alpha value is -1.16. The molecule has 0 amide bonds. The molecule has 0 aromatic heterocycles. The van der Waals surface area contributed by atoms with Gasteiger partial charge in [-0.3, -0.25) is 4.79 Å². The minimum Gasteiger partial charge on any atom is -0.503 e. The van der Waals surface area contributed by atoms with Crippen LogP contribution in [0.15, 0.2) is 17.0 Å². The van der Waals surface area contributed by atoms with Gasteiger partial charge in [-0.15, -0.1) is 0 Å². The van der Waals surface area contributed by atoms with E-state index in [0.717, 1.165) is 17.3 Å². The number of methoxy groups -OCH3 is 1. The number of hydrogen-bond acceptors (Lipinski definition) is 4. The molecule has 0 bridgehead atoms. The largest absolute Gasteiger partial charge is 0.503 e. The Morgan fingerprint density at radius 3 is 3.00 bits per heavy atom. The Kier molecular flexibility index (Phi) is 1.92. The van der Waals surface area contributed by atoms with Crippen molar-refractivity contribution in [1.82, 2.24) is 0 Å². The number of phenols is 1. The van der Waals surface area contributed by atoms with E-state index in [4.69, 9.17) is 4.74 Å². The van der Waals surface area contributed by atoms with Crippen molar-refractivity contribution in [2.24, 2.45) is 0 Å². The van der Waals surface area contributed by atoms with Gasteiger partial charge in [-0.25, -0.2) is 0 Å². The quantitative estimate of drug-likeness (QED) is 0.740. The summed E-state index contributed by atoms with van der Waals surface area (Å²) in [4.78, 5) is 11.7. The zero-order chi connectivity index (χ0) is 9.42. The predicted molar refractivity (Wildman–Crippen MR) is 49.2 cm³/mol. The Bertz CT molecular complexity index is 373. The third-order valence-corrected chi connectivity index (χ3v) is 2.98. The lowest BCUT2D eigenvalue weighted by Gasteiger charge is -2.05. The number of phenolic OH excluding ortho intramolecular Hbond substituents is 1. The molecule has 1 aliphatic rings. The zero-order valence-corrected chi connectivity index (χ0v) is 7.85. The predicted octanol–water partition coefficient (Wildman–Crippen LogP) is 1.58. The Labute approximate surface area is 79.7 Å². The average Bonchev–Trinajstić information content (AvgIpc) is 2.47. The van der Waals surface area contributed by atoms with Crippen molar-refractivity contribution >= 4 is 16.9 Å². The summed E-state index contributed by atoms with van der Waals surface area (Å²) in [5.74, 6) is 0.497. The normalized spacial score (nSPS) is 14.4. The molecule has 0 aliphatic carbocycles. The van der Waals surface area contributed by atoms with E-state index < -0.39 is 0 Å². The van der Waals surface area contributed by atoms with Gasteiger partial charge in [0.25, 0.3) is 0 Å². The van der Waals surface area contributed by atoms with Gasteiger partial charge in [0.05, 0.1) is 12.0 Å². The molecule has 3 nitrogen and oxygen atoms in total. The number of carbonyl (C=O) groups is 1. The van der Waals surface area contributed by atoms with Crippen molar-refractivity contribution in [1.29, 1.82) is 0 Å². The summed E-state index contributed by atoms with van der Waals surface area (Å²) in [7, 11) is 1.49. The van der Waals surface area contributed by atoms with Crippen LogP contribution in [0.4, 0.5) is 0 Å². The molecule has 0 radical (unpaired) electrons. The molecular formula is C9H8O3S. The first kappa shape index (κ1) is 8.44. The number of benzene rings is 1. The molecule has 4 heteroatoms. The Balaban J connectivity index is 2.54. The molecule has 1 heterocycles. The highest BCUT2D eigenvalue weighted by atomic mass is 32.2. The summed E-state index contributed by atoms with van der Waals surface area (Å²) < 4.78 is 4.93. The van der Waals surface area contributed by atoms with Gasteiger partial charge in [-0.2, -0.15) is 0 Å². The molecule has 0 spiro atoms. The van der Waals surface area contributed by atoms with Gasteiger partial charge >= 0.3 is 0 Å². The second kappa shape index (κ2) is 2.96. The van der Waals surface area contributed by atoms with Crippen molar-refractivity contribution in [3.63, 3.8) is 0 Å². The van der Waals surface area contributed by atoms with E-state index in [0.29, 0.717) is 17.1 Å². The molecule has 0 saturated carbocycles. The molecule has 1 aromatic rings. The fraction of sp³-hybridized carbons (Fsp3) is 0.222. The van der Waals surface area contributed by atoms with Gasteiger partial charge < -0.3 is 9.84 Å². The molecular weight excluding hydrogens is 188 g/mol. The van der Waals surface area contributed by atoms with Gasteiger partial charge in [0.1, 0.15) is 0 Å². The van der Waals surface area contributed by atoms with Crippen LogP contribution in [0.1, 0.15) is 5.56 Å². The van der Waals surface area contributed by atoms with Crippen LogP contribution in [0.3, 0.4) is 0 Å². The van der Waals surface area contributed by atoms with Crippen LogP contribution in [0.2, 0.25) is 0 Å². The number of thioether (sulfide) groups is 1. The number of carbonyl (C=O) groups excluding carboxylic acids is 1. The van der Waals surface area contributed by atoms with Crippen molar-refractivity contribution in [3.8, 4) is 11.5 Å². The second-order valence-corrected chi connectivity index (χ2v) is 3.82. The summed E-state index contributed by atoms with van der Waals surface area (Å²) >= 11 is 1.08. The maximum Gasteiger partial charge on any atom is 0.198 e. The number of hydrogen-bond donors (Lipinski definition) is 1. The Morgan fingerprint density at radius 1 is 1.54 bits per heavy atom. The maximum absolute atomic E-state index is 11.1. The highest BCUT2D eigenvalue weighted by molar-refractivity contribution is 8.14. The number of ether oxygens (including phenoxy) is 1. The lowest BCUT2D eigenvalue weighted by atomic mass is 10.1. The Morgan fingerprint density at radius 2 is 2.31 bits per heavy atom. The molecule has 1 N–H and O–H groups in total. The molecule has 0 unspecified atom stereocenters. The first-order valence-electron chi connectivity index (χ1n) is 3.82. The number of fused-ring (bicyclic) bond motifs is 1. The van der Waals surface area contributed by atoms with Crippen molar-refractivity contribution in [2.75, 3.05) is 7.11 Å². The van der Waals surface area contributed by atoms with Crippen LogP contribution < -0.4 is 4.74 Å². The fourth-order valence-electron chi connectivity index (χ4n) is 1.32. The monoisotopic (exact) mass is 196 g/mol. The number of aromatic hydroxyl groups is 1. The summed E-state index contributed by atoms with van der Waals surface area (Å²) in [5.41, 5.74) is 0.883. The third kappa shape index (κ3) is 1.27. The third-order valence-electron chi connectivity index (χ3n) is 1.95. The summed E-state index contributed by atoms with van der Waals surface area (Å²) in [5, 5.41) is 9.70. The maximum atomic E-state index is 11.1. The molecule has 13 heavy (non-hydrogen) atoms. The zero-order valence-electron chi connectivity index (χ0n) is 7.03. The minimum atomic E-state index is 0.0681. The topological polar surface area (TPSA) is 46.5 Å². The highest BCUT2D eigenvalue weighted by Gasteiger charge is 2.24. The molecule has 2 rings (SSSR count). The van der Waals surface area contributed by atoms with Crippen molar-refractivity contribution in [3.05, 3.63) is 17.7 Å². The second-order valence-electron chi connectivity index (χ2n) is 2.76. The van der Waals surface area contributed by atoms with Gasteiger partial charge in [0.2, 0.25) is 0 Å². The van der Waals surface area contributed by atoms with Gasteiger partial charge in [-0.1, -0.05) is 6.07 Å². The highest BCUT2D eigenvalue weighted by Crippen LogP contribution is 2.43. The first-order valence-corrected chi connectivity index (χ1v) is 4.63. The summed E-state index contributed by atoms with van der Waals surface area (Å²) in [6.07, 6.45) is 0.400. The smallest absolute Gasteiger partial charge is 0.198 e. The van der Waals surface area contributed by atoms with Crippen LogP contribution in [0, 0.1) is 0 Å². The molecule has 68 valence electrons. The number of rotatable bonds is 1. The van der Waals surface area contributed by atoms with Crippen LogP contribution >= 0.6 is 11.8 Å². The summed E-state index contributed by atoms with van der Waals surface area (Å²) in [6.45, 7) is 0. The van der Waals surface area contributed by atoms with E-state index in [9.17, 15) is 9.90 Å². The SMILES string of the molecule is COc1ccc2c(c1O)SC(=O)C2. The standard InChI is InChI=1S/C9H8O3S/c1-12-6-3-2-5-4-7(10)13-9(5)8(6)11/h2-3,11H,4H2,1H3. The van der Waals surface area contributed by atoms with Crippen LogP contribution in [0.5, 0.6) is 11.5 Å². The van der Waals surface area contributed by atoms with E-state index in [-0.39, 0.29) is 10.9 Å². The van der Waals surface area contributed by atoms with Crippen molar-refractivity contribution in [2.45, 2.75) is 11.3 Å². The van der Waals surface area contributed by atoms with E-state index in [2.05, 4.69) is 0 Å². The lowest BCUT2D eigenvalue weighted by molar-refractivity contribution is -0.110. The van der Waals surface area contributed by atoms with Crippen LogP contribution in [-0.2, 0) is 11.2 Å². The van der Waals surface area contributed by atoms with E-state index in [1.807, 2.05) is 6.07 Å². The minimum absolute atomic E-state index is 0.0681. The van der Waals surface area contributed by atoms with Gasteiger partial charge in [0, 0.05) is 6.42 Å². The lowest BCUT2D eigenvalue weighted by Crippen LogP contribution is -1.87. The fourth-order valence-corrected chi connectivity index (χ4v) is 2.24. The molecule has 1 aliphatic heterocycles. The van der Waals surface area contributed by atoms with Gasteiger partial charge in [0.15, 0.2) is 16.6 Å². The summed E-state index contributed by atoms with van der Waals surface area (Å²) in [6, 6.07) is 3.49.